The second-order valence-electron chi connectivity index (χ2n) is 5.67. The summed E-state index contributed by atoms with van der Waals surface area (Å²) < 4.78 is 0. The molecule has 0 spiro atoms. The number of hydrogen-bond acceptors (Lipinski definition) is 4. The van der Waals surface area contributed by atoms with Crippen molar-refractivity contribution in [1.29, 1.82) is 0 Å². The fraction of sp³-hybridized carbons (Fsp3) is 0.438. The predicted molar refractivity (Wildman–Crippen MR) is 86.3 cm³/mol. The molecule has 0 aliphatic heterocycles. The molecule has 1 aromatic heterocycles. The number of nitrogens with two attached hydrogens (primary N) is 1. The zero-order valence-electron chi connectivity index (χ0n) is 12.7. The summed E-state index contributed by atoms with van der Waals surface area (Å²) in [5.41, 5.74) is 7.63. The maximum absolute atomic E-state index is 11.4. The van der Waals surface area contributed by atoms with E-state index in [1.165, 1.54) is 6.07 Å². The summed E-state index contributed by atoms with van der Waals surface area (Å²) >= 11 is 0. The van der Waals surface area contributed by atoms with Crippen molar-refractivity contribution in [3.05, 3.63) is 40.2 Å². The molecule has 5 heteroatoms. The van der Waals surface area contributed by atoms with E-state index < -0.39 is 6.10 Å². The van der Waals surface area contributed by atoms with Crippen molar-refractivity contribution in [3.8, 4) is 0 Å². The summed E-state index contributed by atoms with van der Waals surface area (Å²) in [5.74, 6) is 0. The molecular formula is C16H23N3O2. The molecule has 2 atom stereocenters. The van der Waals surface area contributed by atoms with Gasteiger partial charge in [0.1, 0.15) is 0 Å². The first kappa shape index (κ1) is 15.5. The third-order valence-corrected chi connectivity index (χ3v) is 3.58. The molecule has 5 nitrogen and oxygen atoms in total. The minimum absolute atomic E-state index is 0.0677. The van der Waals surface area contributed by atoms with Gasteiger partial charge in [-0.2, -0.15) is 0 Å². The van der Waals surface area contributed by atoms with Gasteiger partial charge in [0.25, 0.3) is 0 Å². The number of fused-ring (bicyclic) bond motifs is 1. The van der Waals surface area contributed by atoms with Gasteiger partial charge in [-0.15, -0.1) is 0 Å². The third kappa shape index (κ3) is 3.43. The van der Waals surface area contributed by atoms with Crippen molar-refractivity contribution in [1.82, 2.24) is 10.3 Å². The van der Waals surface area contributed by atoms with E-state index in [0.29, 0.717) is 11.2 Å². The highest BCUT2D eigenvalue weighted by molar-refractivity contribution is 5.85. The second-order valence-corrected chi connectivity index (χ2v) is 5.67. The zero-order valence-corrected chi connectivity index (χ0v) is 12.7. The number of benzene rings is 1. The number of hydrogen-bond donors (Lipinski definition) is 4. The number of aromatic nitrogens is 1. The van der Waals surface area contributed by atoms with Gasteiger partial charge in [0.15, 0.2) is 0 Å². The smallest absolute Gasteiger partial charge is 0.248 e. The van der Waals surface area contributed by atoms with E-state index in [0.717, 1.165) is 17.4 Å². The number of anilines is 1. The maximum atomic E-state index is 11.4. The van der Waals surface area contributed by atoms with E-state index in [-0.39, 0.29) is 17.6 Å². The van der Waals surface area contributed by atoms with Crippen molar-refractivity contribution >= 4 is 16.6 Å². The Morgan fingerprint density at radius 1 is 1.33 bits per heavy atom. The molecule has 0 fully saturated rings. The van der Waals surface area contributed by atoms with Crippen LogP contribution in [0.15, 0.2) is 29.1 Å². The number of pyridine rings is 1. The fourth-order valence-electron chi connectivity index (χ4n) is 2.64. The quantitative estimate of drug-likeness (QED) is 0.633. The van der Waals surface area contributed by atoms with E-state index in [9.17, 15) is 9.90 Å². The molecule has 0 aliphatic carbocycles. The number of H-pyrrole nitrogens is 1. The average molecular weight is 289 g/mol. The Balaban J connectivity index is 2.51. The Bertz CT molecular complexity index is 679. The number of rotatable bonds is 5. The molecule has 0 saturated carbocycles. The molecule has 5 N–H and O–H groups in total. The number of nitrogens with one attached hydrogen (secondary N) is 2. The molecule has 1 heterocycles. The fourth-order valence-corrected chi connectivity index (χ4v) is 2.64. The van der Waals surface area contributed by atoms with Crippen LogP contribution in [0.3, 0.4) is 0 Å². The van der Waals surface area contributed by atoms with Crippen molar-refractivity contribution in [2.75, 3.05) is 5.73 Å². The van der Waals surface area contributed by atoms with Crippen LogP contribution in [-0.2, 0) is 0 Å². The highest BCUT2D eigenvalue weighted by atomic mass is 16.3. The van der Waals surface area contributed by atoms with Gasteiger partial charge in [-0.1, -0.05) is 20.8 Å². The van der Waals surface area contributed by atoms with E-state index in [2.05, 4.69) is 10.3 Å². The van der Waals surface area contributed by atoms with E-state index >= 15 is 0 Å². The molecule has 0 radical (unpaired) electrons. The molecule has 0 bridgehead atoms. The van der Waals surface area contributed by atoms with E-state index in [1.807, 2.05) is 20.8 Å². The predicted octanol–water partition coefficient (Wildman–Crippen LogP) is 1.92. The van der Waals surface area contributed by atoms with E-state index in [4.69, 9.17) is 5.73 Å². The highest BCUT2D eigenvalue weighted by Gasteiger charge is 2.22. The Morgan fingerprint density at radius 2 is 2.05 bits per heavy atom. The SMILES string of the molecule is CC[C@@H](NC(C)C)[C@H](O)c1cc(N)cc2[nH]c(=O)ccc12. The number of aromatic amines is 1. The molecular weight excluding hydrogens is 266 g/mol. The van der Waals surface area contributed by atoms with Crippen LogP contribution in [0.25, 0.3) is 10.9 Å². The summed E-state index contributed by atoms with van der Waals surface area (Å²) in [4.78, 5) is 14.2. The Hall–Kier alpha value is -1.85. The minimum Gasteiger partial charge on any atom is -0.399 e. The second kappa shape index (κ2) is 6.28. The van der Waals surface area contributed by atoms with Crippen molar-refractivity contribution in [3.63, 3.8) is 0 Å². The first-order valence-corrected chi connectivity index (χ1v) is 7.29. The van der Waals surface area contributed by atoms with Gasteiger partial charge >= 0.3 is 0 Å². The normalized spacial score (nSPS) is 14.5. The molecule has 0 amide bonds. The van der Waals surface area contributed by atoms with Gasteiger partial charge in [0.05, 0.1) is 11.6 Å². The van der Waals surface area contributed by atoms with Crippen LogP contribution < -0.4 is 16.6 Å². The summed E-state index contributed by atoms with van der Waals surface area (Å²) in [6, 6.07) is 6.89. The third-order valence-electron chi connectivity index (χ3n) is 3.58. The lowest BCUT2D eigenvalue weighted by Gasteiger charge is -2.26. The minimum atomic E-state index is -0.686. The summed E-state index contributed by atoms with van der Waals surface area (Å²) in [7, 11) is 0. The van der Waals surface area contributed by atoms with Gasteiger partial charge in [-0.3, -0.25) is 4.79 Å². The Morgan fingerprint density at radius 3 is 2.67 bits per heavy atom. The van der Waals surface area contributed by atoms with E-state index in [1.54, 1.807) is 18.2 Å². The zero-order chi connectivity index (χ0) is 15.6. The molecule has 1 aromatic carbocycles. The van der Waals surface area contributed by atoms with Crippen LogP contribution >= 0.6 is 0 Å². The number of nitrogen functional groups attached to an aromatic ring is 1. The summed E-state index contributed by atoms with van der Waals surface area (Å²) in [5, 5.41) is 14.9. The Labute approximate surface area is 124 Å². The Kier molecular flexibility index (Phi) is 4.65. The van der Waals surface area contributed by atoms with Crippen molar-refractivity contribution in [2.24, 2.45) is 0 Å². The maximum Gasteiger partial charge on any atom is 0.248 e. The molecule has 2 rings (SSSR count). The standard InChI is InChI=1S/C16H23N3O2/c1-4-13(18-9(2)3)16(21)12-7-10(17)8-14-11(12)5-6-15(20)19-14/h5-9,13,16,18,21H,4,17H2,1-3H3,(H,19,20)/t13-,16-/m1/s1. The average Bonchev–Trinajstić information content (AvgIpc) is 2.42. The lowest BCUT2D eigenvalue weighted by Crippen LogP contribution is -2.39. The largest absolute Gasteiger partial charge is 0.399 e. The van der Waals surface area contributed by atoms with Gasteiger partial charge in [0, 0.05) is 29.2 Å². The van der Waals surface area contributed by atoms with Crippen LogP contribution in [-0.4, -0.2) is 22.2 Å². The van der Waals surface area contributed by atoms with Crippen molar-refractivity contribution in [2.45, 2.75) is 45.4 Å². The van der Waals surface area contributed by atoms with Crippen LogP contribution in [0.5, 0.6) is 0 Å². The van der Waals surface area contributed by atoms with Gasteiger partial charge in [0.2, 0.25) is 5.56 Å². The first-order valence-electron chi connectivity index (χ1n) is 7.29. The molecule has 2 aromatic rings. The van der Waals surface area contributed by atoms with Crippen molar-refractivity contribution < 1.29 is 5.11 Å². The van der Waals surface area contributed by atoms with Gasteiger partial charge < -0.3 is 21.1 Å². The molecule has 0 aliphatic rings. The first-order chi connectivity index (χ1) is 9.92. The van der Waals surface area contributed by atoms with Crippen LogP contribution in [0, 0.1) is 0 Å². The highest BCUT2D eigenvalue weighted by Crippen LogP contribution is 2.28. The molecule has 0 unspecified atom stereocenters. The summed E-state index contributed by atoms with van der Waals surface area (Å²) in [6.07, 6.45) is 0.105. The van der Waals surface area contributed by atoms with Crippen LogP contribution in [0.2, 0.25) is 0 Å². The van der Waals surface area contributed by atoms with Crippen LogP contribution in [0.4, 0.5) is 5.69 Å². The molecule has 114 valence electrons. The molecule has 21 heavy (non-hydrogen) atoms. The molecule has 0 saturated heterocycles. The topological polar surface area (TPSA) is 91.1 Å². The monoisotopic (exact) mass is 289 g/mol. The van der Waals surface area contributed by atoms with Gasteiger partial charge in [-0.05, 0) is 30.2 Å². The number of aliphatic hydroxyl groups excluding tert-OH is 1. The van der Waals surface area contributed by atoms with Gasteiger partial charge in [-0.25, -0.2) is 0 Å². The number of aliphatic hydroxyl groups is 1. The lowest BCUT2D eigenvalue weighted by molar-refractivity contribution is 0.123. The lowest BCUT2D eigenvalue weighted by atomic mass is 9.95. The van der Waals surface area contributed by atoms with Crippen LogP contribution in [0.1, 0.15) is 38.9 Å². The summed E-state index contributed by atoms with van der Waals surface area (Å²) in [6.45, 7) is 6.12.